The summed E-state index contributed by atoms with van der Waals surface area (Å²) in [4.78, 5) is 12.6. The molecule has 0 saturated heterocycles. The van der Waals surface area contributed by atoms with E-state index in [0.29, 0.717) is 12.0 Å². The van der Waals surface area contributed by atoms with Gasteiger partial charge in [-0.15, -0.1) is 0 Å². The van der Waals surface area contributed by atoms with Gasteiger partial charge in [-0.2, -0.15) is 5.10 Å². The minimum Gasteiger partial charge on any atom is -0.462 e. The molecule has 4 rings (SSSR count). The van der Waals surface area contributed by atoms with E-state index in [0.717, 1.165) is 33.7 Å². The van der Waals surface area contributed by atoms with Crippen molar-refractivity contribution in [1.29, 1.82) is 0 Å². The maximum absolute atomic E-state index is 12.6. The third-order valence-electron chi connectivity index (χ3n) is 4.60. The lowest BCUT2D eigenvalue weighted by Gasteiger charge is -2.09. The van der Waals surface area contributed by atoms with Crippen molar-refractivity contribution in [3.05, 3.63) is 89.5 Å². The Bertz CT molecular complexity index is 1030. The van der Waals surface area contributed by atoms with Gasteiger partial charge < -0.3 is 9.84 Å². The van der Waals surface area contributed by atoms with Gasteiger partial charge in [0.1, 0.15) is 0 Å². The number of hydrogen-bond acceptors (Lipinski definition) is 5. The number of esters is 1. The van der Waals surface area contributed by atoms with E-state index in [1.54, 1.807) is 6.07 Å². The van der Waals surface area contributed by atoms with Crippen LogP contribution in [0.3, 0.4) is 0 Å². The zero-order valence-corrected chi connectivity index (χ0v) is 15.3. The number of ether oxygens (including phenoxy) is 1. The van der Waals surface area contributed by atoms with Crippen LogP contribution in [0.4, 0.5) is 5.69 Å². The van der Waals surface area contributed by atoms with Gasteiger partial charge >= 0.3 is 5.97 Å². The first-order chi connectivity index (χ1) is 13.8. The molecular formula is C23H20N2O3. The summed E-state index contributed by atoms with van der Waals surface area (Å²) in [6.45, 7) is 0.183. The van der Waals surface area contributed by atoms with Crippen molar-refractivity contribution < 1.29 is 14.6 Å². The summed E-state index contributed by atoms with van der Waals surface area (Å²) in [5.41, 5.74) is 8.94. The molecule has 0 heterocycles. The Morgan fingerprint density at radius 3 is 2.39 bits per heavy atom. The second-order valence-electron chi connectivity index (χ2n) is 6.43. The van der Waals surface area contributed by atoms with Crippen LogP contribution in [0.1, 0.15) is 27.9 Å². The van der Waals surface area contributed by atoms with E-state index >= 15 is 0 Å². The smallest absolute Gasteiger partial charge is 0.338 e. The highest BCUT2D eigenvalue weighted by Gasteiger charge is 2.29. The quantitative estimate of drug-likeness (QED) is 0.304. The highest BCUT2D eigenvalue weighted by molar-refractivity contribution is 6.26. The normalized spacial score (nSPS) is 13.1. The number of rotatable bonds is 6. The number of nitrogens with one attached hydrogen (secondary N) is 1. The molecule has 140 valence electrons. The van der Waals surface area contributed by atoms with Gasteiger partial charge in [-0.3, -0.25) is 5.43 Å². The van der Waals surface area contributed by atoms with Gasteiger partial charge in [0.15, 0.2) is 0 Å². The van der Waals surface area contributed by atoms with Crippen molar-refractivity contribution in [3.8, 4) is 11.1 Å². The third kappa shape index (κ3) is 3.40. The first kappa shape index (κ1) is 17.9. The average Bonchev–Trinajstić information content (AvgIpc) is 3.07. The van der Waals surface area contributed by atoms with Crippen LogP contribution in [0.2, 0.25) is 0 Å². The van der Waals surface area contributed by atoms with Gasteiger partial charge in [-0.25, -0.2) is 4.79 Å². The van der Waals surface area contributed by atoms with Crippen LogP contribution in [-0.2, 0) is 4.74 Å². The molecule has 0 unspecified atom stereocenters. The average molecular weight is 372 g/mol. The molecule has 5 nitrogen and oxygen atoms in total. The topological polar surface area (TPSA) is 70.9 Å². The molecule has 0 spiro atoms. The molecule has 1 aliphatic carbocycles. The summed E-state index contributed by atoms with van der Waals surface area (Å²) >= 11 is 0. The SMILES string of the molecule is O=C(OCCCO)c1cccc2c1-c1ccccc1/C2=N/Nc1ccccc1. The van der Waals surface area contributed by atoms with E-state index in [4.69, 9.17) is 9.84 Å². The summed E-state index contributed by atoms with van der Waals surface area (Å²) in [6.07, 6.45) is 0.422. The van der Waals surface area contributed by atoms with Crippen molar-refractivity contribution in [3.63, 3.8) is 0 Å². The van der Waals surface area contributed by atoms with Crippen molar-refractivity contribution in [2.24, 2.45) is 5.10 Å². The van der Waals surface area contributed by atoms with E-state index in [9.17, 15) is 4.79 Å². The molecule has 0 fully saturated rings. The van der Waals surface area contributed by atoms with Crippen LogP contribution in [0, 0.1) is 0 Å². The summed E-state index contributed by atoms with van der Waals surface area (Å²) in [6, 6.07) is 23.2. The van der Waals surface area contributed by atoms with Gasteiger partial charge in [0, 0.05) is 29.7 Å². The molecule has 0 saturated carbocycles. The summed E-state index contributed by atoms with van der Waals surface area (Å²) < 4.78 is 5.32. The first-order valence-electron chi connectivity index (χ1n) is 9.19. The predicted molar refractivity (Wildman–Crippen MR) is 110 cm³/mol. The van der Waals surface area contributed by atoms with Crippen LogP contribution < -0.4 is 5.43 Å². The number of para-hydroxylation sites is 1. The number of benzene rings is 3. The number of carbonyl (C=O) groups excluding carboxylic acids is 1. The Kier molecular flexibility index (Phi) is 5.17. The summed E-state index contributed by atoms with van der Waals surface area (Å²) in [7, 11) is 0. The number of fused-ring (bicyclic) bond motifs is 3. The lowest BCUT2D eigenvalue weighted by atomic mass is 9.99. The van der Waals surface area contributed by atoms with Gasteiger partial charge in [-0.05, 0) is 23.8 Å². The summed E-state index contributed by atoms with van der Waals surface area (Å²) in [5.74, 6) is -0.391. The molecule has 0 aliphatic heterocycles. The van der Waals surface area contributed by atoms with E-state index in [2.05, 4.69) is 10.5 Å². The lowest BCUT2D eigenvalue weighted by Crippen LogP contribution is -2.09. The minimum absolute atomic E-state index is 0.00896. The largest absolute Gasteiger partial charge is 0.462 e. The number of hydrazone groups is 1. The van der Waals surface area contributed by atoms with Gasteiger partial charge in [0.25, 0.3) is 0 Å². The van der Waals surface area contributed by atoms with E-state index in [1.165, 1.54) is 0 Å². The fraction of sp³-hybridized carbons (Fsp3) is 0.130. The lowest BCUT2D eigenvalue weighted by molar-refractivity contribution is 0.0483. The molecule has 2 N–H and O–H groups in total. The number of nitrogens with zero attached hydrogens (tertiary/aromatic N) is 1. The van der Waals surface area contributed by atoms with Crippen molar-refractivity contribution in [2.45, 2.75) is 6.42 Å². The minimum atomic E-state index is -0.391. The third-order valence-corrected chi connectivity index (χ3v) is 4.60. The monoisotopic (exact) mass is 372 g/mol. The summed E-state index contributed by atoms with van der Waals surface area (Å²) in [5, 5.41) is 13.5. The standard InChI is InChI=1S/C23H20N2O3/c26-14-7-15-28-23(27)20-13-6-12-19-21(20)17-10-4-5-11-18(17)22(19)25-24-16-8-2-1-3-9-16/h1-6,8-13,24,26H,7,14-15H2/b25-22-. The van der Waals surface area contributed by atoms with Gasteiger partial charge in [0.05, 0.1) is 23.6 Å². The van der Waals surface area contributed by atoms with Crippen LogP contribution in [0.15, 0.2) is 77.9 Å². The zero-order valence-electron chi connectivity index (χ0n) is 15.3. The maximum atomic E-state index is 12.6. The molecule has 28 heavy (non-hydrogen) atoms. The molecule has 0 aromatic heterocycles. The number of anilines is 1. The highest BCUT2D eigenvalue weighted by Crippen LogP contribution is 2.39. The van der Waals surface area contributed by atoms with Crippen LogP contribution in [0.25, 0.3) is 11.1 Å². The maximum Gasteiger partial charge on any atom is 0.338 e. The molecule has 0 radical (unpaired) electrons. The Hall–Kier alpha value is -3.44. The van der Waals surface area contributed by atoms with Crippen LogP contribution in [0.5, 0.6) is 0 Å². The number of aliphatic hydroxyl groups excluding tert-OH is 1. The molecular weight excluding hydrogens is 352 g/mol. The molecule has 0 bridgehead atoms. The van der Waals surface area contributed by atoms with E-state index in [1.807, 2.05) is 66.7 Å². The molecule has 3 aromatic rings. The van der Waals surface area contributed by atoms with E-state index < -0.39 is 5.97 Å². The molecule has 0 amide bonds. The molecule has 1 aliphatic rings. The van der Waals surface area contributed by atoms with Crippen LogP contribution in [-0.4, -0.2) is 30.0 Å². The molecule has 3 aromatic carbocycles. The predicted octanol–water partition coefficient (Wildman–Crippen LogP) is 4.07. The van der Waals surface area contributed by atoms with Crippen LogP contribution >= 0.6 is 0 Å². The molecule has 0 atom stereocenters. The fourth-order valence-corrected chi connectivity index (χ4v) is 3.32. The highest BCUT2D eigenvalue weighted by atomic mass is 16.5. The van der Waals surface area contributed by atoms with Gasteiger partial charge in [0.2, 0.25) is 0 Å². The second-order valence-corrected chi connectivity index (χ2v) is 6.43. The second kappa shape index (κ2) is 8.06. The zero-order chi connectivity index (χ0) is 19.3. The van der Waals surface area contributed by atoms with Crippen molar-refractivity contribution in [1.82, 2.24) is 0 Å². The van der Waals surface area contributed by atoms with Crippen molar-refractivity contribution in [2.75, 3.05) is 18.6 Å². The first-order valence-corrected chi connectivity index (χ1v) is 9.19. The Morgan fingerprint density at radius 2 is 1.61 bits per heavy atom. The van der Waals surface area contributed by atoms with E-state index in [-0.39, 0.29) is 13.2 Å². The Labute approximate surface area is 163 Å². The number of carbonyl (C=O) groups is 1. The van der Waals surface area contributed by atoms with Crippen molar-refractivity contribution >= 4 is 17.4 Å². The fourth-order valence-electron chi connectivity index (χ4n) is 3.32. The van der Waals surface area contributed by atoms with Gasteiger partial charge in [-0.1, -0.05) is 54.6 Å². The number of hydrogen-bond donors (Lipinski definition) is 2. The Balaban J connectivity index is 1.75. The molecule has 5 heteroatoms. The number of aliphatic hydroxyl groups is 1. The Morgan fingerprint density at radius 1 is 0.893 bits per heavy atom.